The van der Waals surface area contributed by atoms with Gasteiger partial charge >= 0.3 is 5.97 Å². The Hall–Kier alpha value is -2.69. The van der Waals surface area contributed by atoms with E-state index in [4.69, 9.17) is 4.74 Å². The van der Waals surface area contributed by atoms with Crippen LogP contribution in [0.2, 0.25) is 0 Å². The first-order valence-corrected chi connectivity index (χ1v) is 11.8. The number of nitro benzene ring substituents is 1. The van der Waals surface area contributed by atoms with Gasteiger partial charge < -0.3 is 4.74 Å². The lowest BCUT2D eigenvalue weighted by Gasteiger charge is -2.27. The van der Waals surface area contributed by atoms with Gasteiger partial charge in [0.15, 0.2) is 0 Å². The molecule has 0 spiro atoms. The van der Waals surface area contributed by atoms with Gasteiger partial charge in [-0.1, -0.05) is 83.2 Å². The molecule has 1 fully saturated rings. The average molecular weight is 438 g/mol. The summed E-state index contributed by atoms with van der Waals surface area (Å²) in [5, 5.41) is 11.7. The number of nitro groups is 1. The molecule has 2 aromatic rings. The van der Waals surface area contributed by atoms with Crippen molar-refractivity contribution >= 4 is 11.7 Å². The SMILES string of the molecule is CC(C)(C)c1ccc(CCC(CC2CCCCC2)OC(=O)c2ccccc2)cc1[N+](=O)[O-]. The van der Waals surface area contributed by atoms with Crippen LogP contribution in [-0.4, -0.2) is 17.0 Å². The molecule has 1 aliphatic carbocycles. The molecular formula is C27H35NO4. The number of hydrogen-bond donors (Lipinski definition) is 0. The molecule has 1 saturated carbocycles. The van der Waals surface area contributed by atoms with Gasteiger partial charge in [-0.15, -0.1) is 0 Å². The predicted molar refractivity (Wildman–Crippen MR) is 127 cm³/mol. The topological polar surface area (TPSA) is 69.4 Å². The molecule has 0 saturated heterocycles. The smallest absolute Gasteiger partial charge is 0.338 e. The van der Waals surface area contributed by atoms with Crippen LogP contribution in [0.4, 0.5) is 5.69 Å². The highest BCUT2D eigenvalue weighted by molar-refractivity contribution is 5.89. The molecule has 5 heteroatoms. The Bertz CT molecular complexity index is 911. The number of carbonyl (C=O) groups excluding carboxylic acids is 1. The normalized spacial score (nSPS) is 15.8. The molecule has 172 valence electrons. The Morgan fingerprint density at radius 1 is 1.09 bits per heavy atom. The van der Waals surface area contributed by atoms with Crippen LogP contribution in [0.15, 0.2) is 48.5 Å². The van der Waals surface area contributed by atoms with E-state index in [9.17, 15) is 14.9 Å². The first-order valence-electron chi connectivity index (χ1n) is 11.8. The van der Waals surface area contributed by atoms with Crippen LogP contribution in [0.3, 0.4) is 0 Å². The number of ether oxygens (including phenoxy) is 1. The lowest BCUT2D eigenvalue weighted by atomic mass is 9.83. The first-order chi connectivity index (χ1) is 15.2. The van der Waals surface area contributed by atoms with Crippen molar-refractivity contribution in [3.8, 4) is 0 Å². The monoisotopic (exact) mass is 437 g/mol. The van der Waals surface area contributed by atoms with E-state index >= 15 is 0 Å². The second-order valence-corrected chi connectivity index (χ2v) is 10.0. The van der Waals surface area contributed by atoms with Gasteiger partial charge in [-0.25, -0.2) is 4.79 Å². The number of aryl methyl sites for hydroxylation is 1. The minimum Gasteiger partial charge on any atom is -0.459 e. The third-order valence-electron chi connectivity index (χ3n) is 6.43. The summed E-state index contributed by atoms with van der Waals surface area (Å²) in [5.41, 5.74) is 2.08. The summed E-state index contributed by atoms with van der Waals surface area (Å²) in [6.45, 7) is 5.95. The molecule has 1 unspecified atom stereocenters. The van der Waals surface area contributed by atoms with Crippen molar-refractivity contribution in [2.45, 2.75) is 83.7 Å². The number of benzene rings is 2. The molecular weight excluding hydrogens is 402 g/mol. The quantitative estimate of drug-likeness (QED) is 0.253. The lowest BCUT2D eigenvalue weighted by molar-refractivity contribution is -0.386. The van der Waals surface area contributed by atoms with Crippen molar-refractivity contribution in [1.82, 2.24) is 0 Å². The third-order valence-corrected chi connectivity index (χ3v) is 6.43. The molecule has 3 rings (SSSR count). The third kappa shape index (κ3) is 6.65. The van der Waals surface area contributed by atoms with Crippen molar-refractivity contribution in [1.29, 1.82) is 0 Å². The maximum Gasteiger partial charge on any atom is 0.338 e. The molecule has 2 aromatic carbocycles. The summed E-state index contributed by atoms with van der Waals surface area (Å²) in [4.78, 5) is 24.1. The van der Waals surface area contributed by atoms with Gasteiger partial charge in [0.25, 0.3) is 5.69 Å². The molecule has 32 heavy (non-hydrogen) atoms. The number of carbonyl (C=O) groups is 1. The fourth-order valence-electron chi connectivity index (χ4n) is 4.66. The zero-order chi connectivity index (χ0) is 23.1. The Labute approximate surface area is 191 Å². The Morgan fingerprint density at radius 3 is 2.41 bits per heavy atom. The molecule has 1 atom stereocenters. The molecule has 0 N–H and O–H groups in total. The highest BCUT2D eigenvalue weighted by Gasteiger charge is 2.26. The molecule has 5 nitrogen and oxygen atoms in total. The first kappa shape index (κ1) is 24.0. The van der Waals surface area contributed by atoms with Crippen molar-refractivity contribution in [3.05, 3.63) is 75.3 Å². The standard InChI is InChI=1S/C27H35NO4/c1-27(2,3)24-17-15-21(19-25(24)28(30)31)14-16-23(18-20-10-6-4-7-11-20)32-26(29)22-12-8-5-9-13-22/h5,8-9,12-13,15,17,19-20,23H,4,6-7,10-11,14,16,18H2,1-3H3. The molecule has 0 heterocycles. The summed E-state index contributed by atoms with van der Waals surface area (Å²) < 4.78 is 5.94. The molecule has 1 aliphatic rings. The van der Waals surface area contributed by atoms with Gasteiger partial charge in [0.2, 0.25) is 0 Å². The van der Waals surface area contributed by atoms with E-state index in [1.54, 1.807) is 18.2 Å². The number of rotatable bonds is 8. The summed E-state index contributed by atoms with van der Waals surface area (Å²) in [7, 11) is 0. The number of nitrogens with zero attached hydrogens (tertiary/aromatic N) is 1. The highest BCUT2D eigenvalue weighted by Crippen LogP contribution is 2.33. The van der Waals surface area contributed by atoms with Gasteiger partial charge in [-0.3, -0.25) is 10.1 Å². The van der Waals surface area contributed by atoms with E-state index in [-0.39, 0.29) is 28.1 Å². The van der Waals surface area contributed by atoms with Crippen molar-refractivity contribution < 1.29 is 14.5 Å². The minimum absolute atomic E-state index is 0.167. The maximum atomic E-state index is 12.7. The fraction of sp³-hybridized carbons (Fsp3) is 0.519. The molecule has 0 bridgehead atoms. The average Bonchev–Trinajstić information content (AvgIpc) is 2.78. The molecule has 0 radical (unpaired) electrons. The van der Waals surface area contributed by atoms with Crippen molar-refractivity contribution in [2.24, 2.45) is 5.92 Å². The largest absolute Gasteiger partial charge is 0.459 e. The van der Waals surface area contributed by atoms with Crippen LogP contribution >= 0.6 is 0 Å². The fourth-order valence-corrected chi connectivity index (χ4v) is 4.66. The number of esters is 1. The summed E-state index contributed by atoms with van der Waals surface area (Å²) >= 11 is 0. The van der Waals surface area contributed by atoms with Crippen molar-refractivity contribution in [2.75, 3.05) is 0 Å². The zero-order valence-corrected chi connectivity index (χ0v) is 19.5. The van der Waals surface area contributed by atoms with E-state index in [0.29, 0.717) is 24.3 Å². The van der Waals surface area contributed by atoms with Crippen LogP contribution < -0.4 is 0 Å². The van der Waals surface area contributed by atoms with Crippen LogP contribution in [-0.2, 0) is 16.6 Å². The van der Waals surface area contributed by atoms with Crippen LogP contribution in [0.5, 0.6) is 0 Å². The summed E-state index contributed by atoms with van der Waals surface area (Å²) in [5.74, 6) is 0.287. The molecule has 0 aliphatic heterocycles. The van der Waals surface area contributed by atoms with E-state index in [1.165, 1.54) is 32.1 Å². The predicted octanol–water partition coefficient (Wildman–Crippen LogP) is 7.02. The highest BCUT2D eigenvalue weighted by atomic mass is 16.6. The maximum absolute atomic E-state index is 12.7. The Kier molecular flexibility index (Phi) is 8.05. The molecule has 0 amide bonds. The van der Waals surface area contributed by atoms with E-state index in [0.717, 1.165) is 17.5 Å². The van der Waals surface area contributed by atoms with Crippen LogP contribution in [0.1, 0.15) is 87.2 Å². The summed E-state index contributed by atoms with van der Waals surface area (Å²) in [6.07, 6.45) is 8.12. The lowest BCUT2D eigenvalue weighted by Crippen LogP contribution is -2.23. The van der Waals surface area contributed by atoms with E-state index in [2.05, 4.69) is 0 Å². The molecule has 0 aromatic heterocycles. The van der Waals surface area contributed by atoms with Crippen LogP contribution in [0.25, 0.3) is 0 Å². The minimum atomic E-state index is -0.296. The number of hydrogen-bond acceptors (Lipinski definition) is 4. The van der Waals surface area contributed by atoms with Crippen LogP contribution in [0, 0.1) is 16.0 Å². The van der Waals surface area contributed by atoms with Gasteiger partial charge in [0, 0.05) is 11.6 Å². The van der Waals surface area contributed by atoms with Gasteiger partial charge in [0.1, 0.15) is 6.10 Å². The summed E-state index contributed by atoms with van der Waals surface area (Å²) in [6, 6.07) is 14.6. The van der Waals surface area contributed by atoms with Gasteiger partial charge in [0.05, 0.1) is 10.5 Å². The Balaban J connectivity index is 1.73. The van der Waals surface area contributed by atoms with E-state index in [1.807, 2.05) is 51.1 Å². The van der Waals surface area contributed by atoms with Gasteiger partial charge in [-0.2, -0.15) is 0 Å². The van der Waals surface area contributed by atoms with E-state index < -0.39 is 0 Å². The van der Waals surface area contributed by atoms with Crippen molar-refractivity contribution in [3.63, 3.8) is 0 Å². The Morgan fingerprint density at radius 2 is 1.78 bits per heavy atom. The second kappa shape index (κ2) is 10.8. The van der Waals surface area contributed by atoms with Gasteiger partial charge in [-0.05, 0) is 48.3 Å². The zero-order valence-electron chi connectivity index (χ0n) is 19.5. The second-order valence-electron chi connectivity index (χ2n) is 10.0.